The van der Waals surface area contributed by atoms with Crippen molar-refractivity contribution in [2.75, 3.05) is 47.2 Å². The Labute approximate surface area is 172 Å². The third-order valence-corrected chi connectivity index (χ3v) is 6.04. The van der Waals surface area contributed by atoms with Gasteiger partial charge >= 0.3 is 0 Å². The zero-order valence-electron chi connectivity index (χ0n) is 17.3. The van der Waals surface area contributed by atoms with E-state index >= 15 is 0 Å². The first kappa shape index (κ1) is 22.7. The van der Waals surface area contributed by atoms with E-state index in [1.807, 2.05) is 36.2 Å². The molecule has 0 saturated carbocycles. The van der Waals surface area contributed by atoms with Gasteiger partial charge in [-0.3, -0.25) is 9.69 Å². The minimum Gasteiger partial charge on any atom is -0.497 e. The molecular formula is C20H27N3O5S. The molecular weight excluding hydrogens is 394 g/mol. The fourth-order valence-corrected chi connectivity index (χ4v) is 3.81. The highest BCUT2D eigenvalue weighted by atomic mass is 32.2. The smallest absolute Gasteiger partial charge is 0.246 e. The van der Waals surface area contributed by atoms with Crippen LogP contribution in [0.25, 0.3) is 0 Å². The molecule has 0 spiro atoms. The van der Waals surface area contributed by atoms with Crippen molar-refractivity contribution < 1.29 is 22.7 Å². The molecule has 0 aliphatic rings. The molecule has 0 fully saturated rings. The van der Waals surface area contributed by atoms with E-state index in [4.69, 9.17) is 9.47 Å². The van der Waals surface area contributed by atoms with Crippen molar-refractivity contribution in [3.63, 3.8) is 0 Å². The monoisotopic (exact) mass is 421 g/mol. The number of sulfonamides is 1. The van der Waals surface area contributed by atoms with E-state index in [0.717, 1.165) is 15.6 Å². The van der Waals surface area contributed by atoms with E-state index in [-0.39, 0.29) is 23.1 Å². The summed E-state index contributed by atoms with van der Waals surface area (Å²) >= 11 is 0. The van der Waals surface area contributed by atoms with Crippen LogP contribution in [0.4, 0.5) is 5.69 Å². The molecule has 0 bridgehead atoms. The number of benzene rings is 2. The maximum atomic E-state index is 12.5. The number of hydrogen-bond acceptors (Lipinski definition) is 6. The van der Waals surface area contributed by atoms with Crippen LogP contribution in [0.15, 0.2) is 47.4 Å². The number of carbonyl (C=O) groups excluding carboxylic acids is 1. The third-order valence-electron chi connectivity index (χ3n) is 4.21. The first-order chi connectivity index (χ1) is 13.7. The molecule has 1 amide bonds. The van der Waals surface area contributed by atoms with Crippen molar-refractivity contribution in [2.45, 2.75) is 11.4 Å². The van der Waals surface area contributed by atoms with Crippen molar-refractivity contribution in [1.29, 1.82) is 0 Å². The van der Waals surface area contributed by atoms with Crippen LogP contribution in [0.3, 0.4) is 0 Å². The number of likely N-dealkylation sites (N-methyl/N-ethyl adjacent to an activating group) is 1. The predicted molar refractivity (Wildman–Crippen MR) is 112 cm³/mol. The van der Waals surface area contributed by atoms with Crippen molar-refractivity contribution in [1.82, 2.24) is 9.21 Å². The highest BCUT2D eigenvalue weighted by molar-refractivity contribution is 7.89. The highest BCUT2D eigenvalue weighted by Gasteiger charge is 2.23. The summed E-state index contributed by atoms with van der Waals surface area (Å²) in [6.07, 6.45) is 0. The molecule has 0 aromatic heterocycles. The number of carbonyl (C=O) groups is 1. The Kier molecular flexibility index (Phi) is 7.60. The second-order valence-corrected chi connectivity index (χ2v) is 8.85. The molecule has 1 N–H and O–H groups in total. The average molecular weight is 422 g/mol. The maximum absolute atomic E-state index is 12.5. The first-order valence-electron chi connectivity index (χ1n) is 8.89. The normalized spacial score (nSPS) is 11.6. The molecule has 2 rings (SSSR count). The zero-order chi connectivity index (χ0) is 21.6. The van der Waals surface area contributed by atoms with Crippen LogP contribution in [0, 0.1) is 0 Å². The Balaban J connectivity index is 2.08. The molecule has 2 aromatic carbocycles. The number of methoxy groups -OCH3 is 2. The quantitative estimate of drug-likeness (QED) is 0.667. The van der Waals surface area contributed by atoms with Crippen molar-refractivity contribution in [3.05, 3.63) is 48.0 Å². The molecule has 0 unspecified atom stereocenters. The van der Waals surface area contributed by atoms with Crippen LogP contribution in [-0.2, 0) is 21.4 Å². The lowest BCUT2D eigenvalue weighted by Crippen LogP contribution is -2.30. The van der Waals surface area contributed by atoms with Crippen LogP contribution >= 0.6 is 0 Å². The van der Waals surface area contributed by atoms with Crippen LogP contribution < -0.4 is 14.8 Å². The molecule has 0 aliphatic carbocycles. The topological polar surface area (TPSA) is 88.2 Å². The minimum atomic E-state index is -3.71. The second kappa shape index (κ2) is 9.73. The summed E-state index contributed by atoms with van der Waals surface area (Å²) < 4.78 is 36.5. The number of nitrogens with one attached hydrogen (secondary N) is 1. The fourth-order valence-electron chi connectivity index (χ4n) is 2.74. The molecule has 2 aromatic rings. The van der Waals surface area contributed by atoms with E-state index in [9.17, 15) is 13.2 Å². The standard InChI is InChI=1S/C20H27N3O5S/c1-22(2)29(25,26)19-12-16(9-10-18(19)28-5)21-20(24)14-23(3)13-15-7-6-8-17(11-15)27-4/h6-12H,13-14H2,1-5H3,(H,21,24). The summed E-state index contributed by atoms with van der Waals surface area (Å²) in [6.45, 7) is 0.701. The Morgan fingerprint density at radius 3 is 2.38 bits per heavy atom. The van der Waals surface area contributed by atoms with Gasteiger partial charge in [-0.2, -0.15) is 0 Å². The molecule has 0 radical (unpaired) electrons. The lowest BCUT2D eigenvalue weighted by molar-refractivity contribution is -0.117. The summed E-state index contributed by atoms with van der Waals surface area (Å²) in [4.78, 5) is 14.3. The van der Waals surface area contributed by atoms with Gasteiger partial charge in [0.1, 0.15) is 16.4 Å². The van der Waals surface area contributed by atoms with Gasteiger partial charge in [-0.15, -0.1) is 0 Å². The van der Waals surface area contributed by atoms with Crippen LogP contribution in [0.2, 0.25) is 0 Å². The van der Waals surface area contributed by atoms with Gasteiger partial charge in [-0.05, 0) is 42.9 Å². The number of amides is 1. The third kappa shape index (κ3) is 5.93. The Hall–Kier alpha value is -2.62. The van der Waals surface area contributed by atoms with Gasteiger partial charge in [-0.1, -0.05) is 12.1 Å². The molecule has 8 nitrogen and oxygen atoms in total. The number of rotatable bonds is 9. The summed E-state index contributed by atoms with van der Waals surface area (Å²) in [5.74, 6) is 0.717. The fraction of sp³-hybridized carbons (Fsp3) is 0.350. The number of hydrogen-bond donors (Lipinski definition) is 1. The molecule has 9 heteroatoms. The van der Waals surface area contributed by atoms with Gasteiger partial charge in [0.05, 0.1) is 20.8 Å². The van der Waals surface area contributed by atoms with Crippen molar-refractivity contribution >= 4 is 21.6 Å². The molecule has 0 saturated heterocycles. The number of ether oxygens (including phenoxy) is 2. The minimum absolute atomic E-state index is 0.00691. The summed E-state index contributed by atoms with van der Waals surface area (Å²) in [6, 6.07) is 12.1. The highest BCUT2D eigenvalue weighted by Crippen LogP contribution is 2.28. The van der Waals surface area contributed by atoms with Gasteiger partial charge in [0, 0.05) is 26.3 Å². The van der Waals surface area contributed by atoms with Crippen LogP contribution in [0.5, 0.6) is 11.5 Å². The summed E-state index contributed by atoms with van der Waals surface area (Å²) in [7, 11) is 4.00. The molecule has 0 heterocycles. The predicted octanol–water partition coefficient (Wildman–Crippen LogP) is 2.02. The first-order valence-corrected chi connectivity index (χ1v) is 10.3. The molecule has 0 aliphatic heterocycles. The van der Waals surface area contributed by atoms with E-state index in [2.05, 4.69) is 5.32 Å². The molecule has 29 heavy (non-hydrogen) atoms. The van der Waals surface area contributed by atoms with E-state index in [0.29, 0.717) is 12.2 Å². The summed E-state index contributed by atoms with van der Waals surface area (Å²) in [5, 5.41) is 2.74. The van der Waals surface area contributed by atoms with Gasteiger partial charge in [0.15, 0.2) is 0 Å². The van der Waals surface area contributed by atoms with E-state index < -0.39 is 10.0 Å². The number of nitrogens with zero attached hydrogens (tertiary/aromatic N) is 2. The largest absolute Gasteiger partial charge is 0.497 e. The molecule has 158 valence electrons. The van der Waals surface area contributed by atoms with E-state index in [1.54, 1.807) is 13.2 Å². The zero-order valence-corrected chi connectivity index (χ0v) is 18.1. The van der Waals surface area contributed by atoms with E-state index in [1.165, 1.54) is 33.3 Å². The van der Waals surface area contributed by atoms with Gasteiger partial charge in [0.2, 0.25) is 15.9 Å². The second-order valence-electron chi connectivity index (χ2n) is 6.73. The average Bonchev–Trinajstić information content (AvgIpc) is 2.67. The van der Waals surface area contributed by atoms with Crippen molar-refractivity contribution in [3.8, 4) is 11.5 Å². The summed E-state index contributed by atoms with van der Waals surface area (Å²) in [5.41, 5.74) is 1.40. The Morgan fingerprint density at radius 2 is 1.76 bits per heavy atom. The van der Waals surface area contributed by atoms with Crippen molar-refractivity contribution in [2.24, 2.45) is 0 Å². The van der Waals surface area contributed by atoms with Gasteiger partial charge in [-0.25, -0.2) is 12.7 Å². The maximum Gasteiger partial charge on any atom is 0.246 e. The Morgan fingerprint density at radius 1 is 1.03 bits per heavy atom. The molecule has 0 atom stereocenters. The Bertz CT molecular complexity index is 960. The number of anilines is 1. The van der Waals surface area contributed by atoms with Gasteiger partial charge in [0.25, 0.3) is 0 Å². The lowest BCUT2D eigenvalue weighted by Gasteiger charge is -2.18. The SMILES string of the molecule is COc1cccc(CN(C)CC(=O)Nc2ccc(OC)c(S(=O)(=O)N(C)C)c2)c1. The van der Waals surface area contributed by atoms with Gasteiger partial charge < -0.3 is 14.8 Å². The lowest BCUT2D eigenvalue weighted by atomic mass is 10.2. The van der Waals surface area contributed by atoms with Crippen LogP contribution in [-0.4, -0.2) is 65.4 Å². The van der Waals surface area contributed by atoms with Crippen LogP contribution in [0.1, 0.15) is 5.56 Å².